The lowest BCUT2D eigenvalue weighted by Gasteiger charge is -2.34. The minimum Gasteiger partial charge on any atom is -0.491 e. The molecular weight excluding hydrogens is 463 g/mol. The number of rotatable bonds is 6. The third-order valence-electron chi connectivity index (χ3n) is 4.69. The molecule has 3 rings (SSSR count). The van der Waals surface area contributed by atoms with Gasteiger partial charge in [0, 0.05) is 24.3 Å². The Morgan fingerprint density at radius 1 is 1.13 bits per heavy atom. The van der Waals surface area contributed by atoms with Gasteiger partial charge in [0.15, 0.2) is 5.75 Å². The smallest absolute Gasteiger partial charge is 0.255 e. The normalized spacial score (nSPS) is 19.8. The third kappa shape index (κ3) is 5.51. The molecule has 168 valence electrons. The molecule has 0 aromatic heterocycles. The van der Waals surface area contributed by atoms with Crippen molar-refractivity contribution in [3.8, 4) is 5.75 Å². The summed E-state index contributed by atoms with van der Waals surface area (Å²) in [5.41, 5.74) is 0.695. The van der Waals surface area contributed by atoms with Crippen LogP contribution < -0.4 is 10.1 Å². The van der Waals surface area contributed by atoms with Crippen molar-refractivity contribution in [2.24, 2.45) is 0 Å². The molecule has 2 aromatic rings. The van der Waals surface area contributed by atoms with E-state index in [0.29, 0.717) is 31.1 Å². The van der Waals surface area contributed by atoms with Crippen LogP contribution in [0.25, 0.3) is 0 Å². The number of ether oxygens (including phenoxy) is 2. The van der Waals surface area contributed by atoms with Crippen molar-refractivity contribution < 1.29 is 22.7 Å². The maximum absolute atomic E-state index is 12.9. The lowest BCUT2D eigenvalue weighted by Crippen LogP contribution is -2.48. The standard InChI is InChI=1S/C21H24Cl2N2O5S/c1-4-29-20-18(22)9-15(10-19(20)23)21(26)24-16-5-7-17(8-6-16)31(27,28)25-11-13(2)30-14(3)12-25/h5-10,13-14H,4,11-12H2,1-3H3,(H,24,26)/t13-,14-/m1/s1. The SMILES string of the molecule is CCOc1c(Cl)cc(C(=O)Nc2ccc(S(=O)(=O)N3C[C@@H](C)O[C@H](C)C3)cc2)cc1Cl. The molecule has 0 radical (unpaired) electrons. The van der Waals surface area contributed by atoms with Crippen LogP contribution in [-0.4, -0.2) is 50.5 Å². The zero-order valence-electron chi connectivity index (χ0n) is 17.4. The van der Waals surface area contributed by atoms with Crippen LogP contribution in [-0.2, 0) is 14.8 Å². The van der Waals surface area contributed by atoms with Crippen LogP contribution in [0, 0.1) is 0 Å². The van der Waals surface area contributed by atoms with E-state index in [9.17, 15) is 13.2 Å². The molecule has 1 N–H and O–H groups in total. The van der Waals surface area contributed by atoms with E-state index >= 15 is 0 Å². The number of carbonyl (C=O) groups is 1. The predicted octanol–water partition coefficient (Wildman–Crippen LogP) is 4.44. The summed E-state index contributed by atoms with van der Waals surface area (Å²) < 4.78 is 38.3. The van der Waals surface area contributed by atoms with Crippen LogP contribution in [0.5, 0.6) is 5.75 Å². The van der Waals surface area contributed by atoms with Crippen molar-refractivity contribution in [1.29, 1.82) is 0 Å². The molecule has 31 heavy (non-hydrogen) atoms. The van der Waals surface area contributed by atoms with Crippen LogP contribution >= 0.6 is 23.2 Å². The van der Waals surface area contributed by atoms with Gasteiger partial charge in [0.1, 0.15) is 0 Å². The van der Waals surface area contributed by atoms with Gasteiger partial charge in [-0.25, -0.2) is 8.42 Å². The van der Waals surface area contributed by atoms with Crippen molar-refractivity contribution in [2.75, 3.05) is 25.0 Å². The highest BCUT2D eigenvalue weighted by Crippen LogP contribution is 2.34. The Morgan fingerprint density at radius 2 is 1.68 bits per heavy atom. The van der Waals surface area contributed by atoms with E-state index in [4.69, 9.17) is 32.7 Å². The van der Waals surface area contributed by atoms with Gasteiger partial charge in [0.2, 0.25) is 10.0 Å². The number of carbonyl (C=O) groups excluding carboxylic acids is 1. The van der Waals surface area contributed by atoms with Gasteiger partial charge in [-0.2, -0.15) is 4.31 Å². The van der Waals surface area contributed by atoms with Crippen LogP contribution in [0.1, 0.15) is 31.1 Å². The Labute approximate surface area is 192 Å². The minimum absolute atomic E-state index is 0.152. The molecule has 1 saturated heterocycles. The Morgan fingerprint density at radius 3 is 2.19 bits per heavy atom. The number of morpholine rings is 1. The summed E-state index contributed by atoms with van der Waals surface area (Å²) in [5, 5.41) is 3.17. The molecule has 1 aliphatic rings. The first-order valence-corrected chi connectivity index (χ1v) is 12.0. The number of sulfonamides is 1. The average molecular weight is 487 g/mol. The van der Waals surface area contributed by atoms with E-state index in [-0.39, 0.29) is 32.7 Å². The number of amides is 1. The molecule has 2 aromatic carbocycles. The van der Waals surface area contributed by atoms with Gasteiger partial charge in [-0.1, -0.05) is 23.2 Å². The Kier molecular flexibility index (Phi) is 7.49. The van der Waals surface area contributed by atoms with E-state index in [1.54, 1.807) is 6.92 Å². The van der Waals surface area contributed by atoms with E-state index in [1.165, 1.54) is 40.7 Å². The van der Waals surface area contributed by atoms with Gasteiger partial charge in [-0.05, 0) is 57.2 Å². The summed E-state index contributed by atoms with van der Waals surface area (Å²) in [6.07, 6.45) is -0.352. The Bertz CT molecular complexity index is 1030. The number of nitrogens with zero attached hydrogens (tertiary/aromatic N) is 1. The molecule has 0 saturated carbocycles. The molecule has 0 spiro atoms. The summed E-state index contributed by atoms with van der Waals surface area (Å²) >= 11 is 12.3. The molecule has 1 fully saturated rings. The lowest BCUT2D eigenvalue weighted by molar-refractivity contribution is -0.0440. The fraction of sp³-hybridized carbons (Fsp3) is 0.381. The Hall–Kier alpha value is -1.84. The summed E-state index contributed by atoms with van der Waals surface area (Å²) in [5.74, 6) is -0.109. The first-order valence-electron chi connectivity index (χ1n) is 9.80. The average Bonchev–Trinajstić information content (AvgIpc) is 2.70. The van der Waals surface area contributed by atoms with Crippen LogP contribution in [0.15, 0.2) is 41.3 Å². The molecule has 1 amide bonds. The van der Waals surface area contributed by atoms with Gasteiger partial charge < -0.3 is 14.8 Å². The number of hydrogen-bond donors (Lipinski definition) is 1. The summed E-state index contributed by atoms with van der Waals surface area (Å²) in [6.45, 7) is 6.47. The van der Waals surface area contributed by atoms with Gasteiger partial charge in [-0.3, -0.25) is 4.79 Å². The predicted molar refractivity (Wildman–Crippen MR) is 121 cm³/mol. The second-order valence-corrected chi connectivity index (χ2v) is 10.0. The maximum Gasteiger partial charge on any atom is 0.255 e. The second-order valence-electron chi connectivity index (χ2n) is 7.26. The van der Waals surface area contributed by atoms with Gasteiger partial charge >= 0.3 is 0 Å². The van der Waals surface area contributed by atoms with Crippen molar-refractivity contribution in [3.05, 3.63) is 52.0 Å². The van der Waals surface area contributed by atoms with Crippen LogP contribution in [0.4, 0.5) is 5.69 Å². The van der Waals surface area contributed by atoms with Gasteiger partial charge in [0.05, 0.1) is 33.8 Å². The third-order valence-corrected chi connectivity index (χ3v) is 7.09. The number of benzene rings is 2. The topological polar surface area (TPSA) is 84.9 Å². The number of nitrogens with one attached hydrogen (secondary N) is 1. The highest BCUT2D eigenvalue weighted by molar-refractivity contribution is 7.89. The lowest BCUT2D eigenvalue weighted by atomic mass is 10.2. The van der Waals surface area contributed by atoms with E-state index in [0.717, 1.165) is 0 Å². The zero-order valence-corrected chi connectivity index (χ0v) is 19.7. The van der Waals surface area contributed by atoms with Crippen molar-refractivity contribution in [3.63, 3.8) is 0 Å². The van der Waals surface area contributed by atoms with Gasteiger partial charge in [0.25, 0.3) is 5.91 Å². The molecular formula is C21H24Cl2N2O5S. The van der Waals surface area contributed by atoms with Crippen LogP contribution in [0.2, 0.25) is 10.0 Å². The fourth-order valence-corrected chi connectivity index (χ4v) is 5.55. The Balaban J connectivity index is 1.74. The zero-order chi connectivity index (χ0) is 22.8. The molecule has 0 bridgehead atoms. The molecule has 10 heteroatoms. The molecule has 7 nitrogen and oxygen atoms in total. The minimum atomic E-state index is -3.65. The van der Waals surface area contributed by atoms with Gasteiger partial charge in [-0.15, -0.1) is 0 Å². The quantitative estimate of drug-likeness (QED) is 0.651. The monoisotopic (exact) mass is 486 g/mol. The molecule has 1 heterocycles. The number of hydrogen-bond acceptors (Lipinski definition) is 5. The summed E-state index contributed by atoms with van der Waals surface area (Å²) in [7, 11) is -3.65. The molecule has 1 aliphatic heterocycles. The largest absolute Gasteiger partial charge is 0.491 e. The number of anilines is 1. The highest BCUT2D eigenvalue weighted by atomic mass is 35.5. The van der Waals surface area contributed by atoms with Crippen LogP contribution in [0.3, 0.4) is 0 Å². The van der Waals surface area contributed by atoms with E-state index < -0.39 is 15.9 Å². The molecule has 0 aliphatic carbocycles. The van der Waals surface area contributed by atoms with E-state index in [2.05, 4.69) is 5.32 Å². The molecule has 0 unspecified atom stereocenters. The maximum atomic E-state index is 12.9. The van der Waals surface area contributed by atoms with Crippen molar-refractivity contribution in [1.82, 2.24) is 4.31 Å². The first-order chi connectivity index (χ1) is 14.6. The first kappa shape index (κ1) is 23.8. The van der Waals surface area contributed by atoms with E-state index in [1.807, 2.05) is 13.8 Å². The van der Waals surface area contributed by atoms with Crippen molar-refractivity contribution >= 4 is 44.8 Å². The van der Waals surface area contributed by atoms with Crippen molar-refractivity contribution in [2.45, 2.75) is 37.9 Å². The molecule has 2 atom stereocenters. The fourth-order valence-electron chi connectivity index (χ4n) is 3.36. The second kappa shape index (κ2) is 9.75. The number of halogens is 2. The summed E-state index contributed by atoms with van der Waals surface area (Å²) in [6, 6.07) is 8.94. The summed E-state index contributed by atoms with van der Waals surface area (Å²) in [4.78, 5) is 12.7. The highest BCUT2D eigenvalue weighted by Gasteiger charge is 2.32.